The van der Waals surface area contributed by atoms with E-state index in [9.17, 15) is 14.9 Å². The zero-order valence-electron chi connectivity index (χ0n) is 12.5. The van der Waals surface area contributed by atoms with E-state index in [0.29, 0.717) is 5.75 Å². The van der Waals surface area contributed by atoms with Crippen molar-refractivity contribution < 1.29 is 23.7 Å². The number of aromatic nitrogens is 1. The maximum Gasteiger partial charge on any atom is 0.343 e. The van der Waals surface area contributed by atoms with Crippen LogP contribution in [0.3, 0.4) is 0 Å². The van der Waals surface area contributed by atoms with Gasteiger partial charge in [0.05, 0.1) is 12.0 Å². The molecule has 0 radical (unpaired) electrons. The zero-order valence-corrected chi connectivity index (χ0v) is 12.5. The number of carbonyl (C=O) groups is 1. The second kappa shape index (κ2) is 7.21. The summed E-state index contributed by atoms with van der Waals surface area (Å²) in [6.45, 7) is 1.33. The van der Waals surface area contributed by atoms with Gasteiger partial charge in [-0.05, 0) is 30.7 Å². The van der Waals surface area contributed by atoms with Gasteiger partial charge in [-0.1, -0.05) is 23.4 Å². The van der Waals surface area contributed by atoms with Gasteiger partial charge in [0, 0.05) is 0 Å². The Balaban J connectivity index is 2.06. The van der Waals surface area contributed by atoms with Crippen LogP contribution in [0.1, 0.15) is 17.0 Å². The van der Waals surface area contributed by atoms with Crippen LogP contribution in [0.15, 0.2) is 28.8 Å². The molecule has 0 aliphatic heterocycles. The second-order valence-electron chi connectivity index (χ2n) is 4.51. The molecule has 0 spiro atoms. The van der Waals surface area contributed by atoms with E-state index in [1.165, 1.54) is 20.1 Å². The van der Waals surface area contributed by atoms with Crippen LogP contribution in [0, 0.1) is 17.0 Å². The molecule has 120 valence electrons. The number of hydrogen-bond acceptors (Lipinski definition) is 7. The average molecular weight is 318 g/mol. The topological polar surface area (TPSA) is 105 Å². The van der Waals surface area contributed by atoms with Gasteiger partial charge in [0.25, 0.3) is 0 Å². The van der Waals surface area contributed by atoms with Crippen LogP contribution in [0.4, 0.5) is 5.69 Å². The van der Waals surface area contributed by atoms with Crippen molar-refractivity contribution in [2.75, 3.05) is 13.7 Å². The molecule has 8 nitrogen and oxygen atoms in total. The Bertz CT molecular complexity index is 733. The summed E-state index contributed by atoms with van der Waals surface area (Å²) in [5, 5.41) is 14.5. The van der Waals surface area contributed by atoms with Gasteiger partial charge in [0.15, 0.2) is 12.3 Å². The van der Waals surface area contributed by atoms with E-state index in [2.05, 4.69) is 9.89 Å². The molecule has 1 aromatic carbocycles. The largest absolute Gasteiger partial charge is 0.482 e. The van der Waals surface area contributed by atoms with Crippen LogP contribution in [0.25, 0.3) is 12.2 Å². The van der Waals surface area contributed by atoms with Crippen LogP contribution < -0.4 is 4.74 Å². The smallest absolute Gasteiger partial charge is 0.343 e. The average Bonchev–Trinajstić information content (AvgIpc) is 2.92. The Morgan fingerprint density at radius 3 is 2.65 bits per heavy atom. The molecule has 0 aliphatic rings. The van der Waals surface area contributed by atoms with Crippen molar-refractivity contribution in [2.24, 2.45) is 0 Å². The van der Waals surface area contributed by atoms with E-state index in [1.807, 2.05) is 0 Å². The number of aryl methyl sites for hydroxylation is 1. The first-order valence-corrected chi connectivity index (χ1v) is 6.59. The maximum atomic E-state index is 11.0. The van der Waals surface area contributed by atoms with Gasteiger partial charge in [0.2, 0.25) is 5.76 Å². The summed E-state index contributed by atoms with van der Waals surface area (Å²) in [5.41, 5.74) is 0.847. The number of benzene rings is 1. The predicted molar refractivity (Wildman–Crippen MR) is 80.8 cm³/mol. The minimum absolute atomic E-state index is 0.0820. The van der Waals surface area contributed by atoms with Crippen LogP contribution in [-0.4, -0.2) is 29.8 Å². The summed E-state index contributed by atoms with van der Waals surface area (Å²) < 4.78 is 14.6. The highest BCUT2D eigenvalue weighted by atomic mass is 16.6. The summed E-state index contributed by atoms with van der Waals surface area (Å²) in [4.78, 5) is 21.4. The summed E-state index contributed by atoms with van der Waals surface area (Å²) in [5.74, 6) is 0.120. The minimum Gasteiger partial charge on any atom is -0.482 e. The predicted octanol–water partition coefficient (Wildman–Crippen LogP) is 2.61. The Morgan fingerprint density at radius 2 is 2.04 bits per heavy atom. The molecule has 0 aliphatic carbocycles. The standard InChI is InChI=1S/C15H14N2O6/c1-10-15(17(19)20)13(23-16-10)8-5-11-3-6-12(7-4-11)22-9-14(18)21-2/h3-8H,9H2,1-2H3/b8-5+. The van der Waals surface area contributed by atoms with Gasteiger partial charge >= 0.3 is 11.7 Å². The van der Waals surface area contributed by atoms with Crippen molar-refractivity contribution in [1.82, 2.24) is 5.16 Å². The van der Waals surface area contributed by atoms with Gasteiger partial charge in [0.1, 0.15) is 5.75 Å². The molecule has 0 atom stereocenters. The van der Waals surface area contributed by atoms with Crippen molar-refractivity contribution >= 4 is 23.8 Å². The third-order valence-electron chi connectivity index (χ3n) is 2.93. The number of carbonyl (C=O) groups excluding carboxylic acids is 1. The molecular formula is C15H14N2O6. The van der Waals surface area contributed by atoms with Crippen molar-refractivity contribution in [3.63, 3.8) is 0 Å². The molecule has 2 rings (SSSR count). The molecular weight excluding hydrogens is 304 g/mol. The lowest BCUT2D eigenvalue weighted by atomic mass is 10.2. The van der Waals surface area contributed by atoms with Gasteiger partial charge in [-0.3, -0.25) is 10.1 Å². The minimum atomic E-state index is -0.532. The first-order chi connectivity index (χ1) is 11.0. The molecule has 23 heavy (non-hydrogen) atoms. The molecule has 0 saturated heterocycles. The van der Waals surface area contributed by atoms with Crippen LogP contribution in [0.2, 0.25) is 0 Å². The van der Waals surface area contributed by atoms with Crippen molar-refractivity contribution in [3.05, 3.63) is 51.4 Å². The van der Waals surface area contributed by atoms with Gasteiger partial charge < -0.3 is 14.0 Å². The summed E-state index contributed by atoms with van der Waals surface area (Å²) in [6.07, 6.45) is 3.12. The van der Waals surface area contributed by atoms with E-state index in [0.717, 1.165) is 5.56 Å². The number of nitrogens with zero attached hydrogens (tertiary/aromatic N) is 2. The van der Waals surface area contributed by atoms with Crippen LogP contribution in [0.5, 0.6) is 5.75 Å². The number of esters is 1. The second-order valence-corrected chi connectivity index (χ2v) is 4.51. The Kier molecular flexibility index (Phi) is 5.08. The summed E-state index contributed by atoms with van der Waals surface area (Å²) in [6, 6.07) is 6.81. The zero-order chi connectivity index (χ0) is 16.8. The fourth-order valence-corrected chi connectivity index (χ4v) is 1.76. The number of ether oxygens (including phenoxy) is 2. The Hall–Kier alpha value is -3.16. The third kappa shape index (κ3) is 4.16. The van der Waals surface area contributed by atoms with Crippen LogP contribution >= 0.6 is 0 Å². The molecule has 0 saturated carbocycles. The fourth-order valence-electron chi connectivity index (χ4n) is 1.76. The lowest BCUT2D eigenvalue weighted by Gasteiger charge is -2.04. The molecule has 0 fully saturated rings. The lowest BCUT2D eigenvalue weighted by Crippen LogP contribution is -2.12. The molecule has 1 aromatic heterocycles. The van der Waals surface area contributed by atoms with E-state index in [4.69, 9.17) is 9.26 Å². The fraction of sp³-hybridized carbons (Fsp3) is 0.200. The van der Waals surface area contributed by atoms with Gasteiger partial charge in [-0.25, -0.2) is 4.79 Å². The van der Waals surface area contributed by atoms with Crippen molar-refractivity contribution in [2.45, 2.75) is 6.92 Å². The summed E-state index contributed by atoms with van der Waals surface area (Å²) in [7, 11) is 1.28. The first-order valence-electron chi connectivity index (χ1n) is 6.59. The lowest BCUT2D eigenvalue weighted by molar-refractivity contribution is -0.386. The van der Waals surface area contributed by atoms with E-state index in [-0.39, 0.29) is 23.7 Å². The molecule has 0 N–H and O–H groups in total. The van der Waals surface area contributed by atoms with E-state index < -0.39 is 10.9 Å². The van der Waals surface area contributed by atoms with E-state index in [1.54, 1.807) is 30.3 Å². The first kappa shape index (κ1) is 16.2. The molecule has 1 heterocycles. The summed E-state index contributed by atoms with van der Waals surface area (Å²) >= 11 is 0. The SMILES string of the molecule is COC(=O)COc1ccc(/C=C/c2onc(C)c2[N+](=O)[O-])cc1. The Labute approximate surface area is 131 Å². The number of rotatable bonds is 6. The molecule has 8 heteroatoms. The molecule has 0 amide bonds. The highest BCUT2D eigenvalue weighted by molar-refractivity contribution is 5.72. The van der Waals surface area contributed by atoms with E-state index >= 15 is 0 Å². The quantitative estimate of drug-likeness (QED) is 0.458. The maximum absolute atomic E-state index is 11.0. The van der Waals surface area contributed by atoms with Crippen LogP contribution in [-0.2, 0) is 9.53 Å². The monoisotopic (exact) mass is 318 g/mol. The van der Waals surface area contributed by atoms with Crippen molar-refractivity contribution in [3.8, 4) is 5.75 Å². The molecule has 0 unspecified atom stereocenters. The highest BCUT2D eigenvalue weighted by Gasteiger charge is 2.21. The number of hydrogen-bond donors (Lipinski definition) is 0. The molecule has 0 bridgehead atoms. The number of nitro groups is 1. The number of methoxy groups -OCH3 is 1. The normalized spacial score (nSPS) is 10.7. The highest BCUT2D eigenvalue weighted by Crippen LogP contribution is 2.24. The van der Waals surface area contributed by atoms with Gasteiger partial charge in [-0.2, -0.15) is 0 Å². The molecule has 2 aromatic rings. The van der Waals surface area contributed by atoms with Gasteiger partial charge in [-0.15, -0.1) is 0 Å². The third-order valence-corrected chi connectivity index (χ3v) is 2.93. The van der Waals surface area contributed by atoms with Crippen molar-refractivity contribution in [1.29, 1.82) is 0 Å². The Morgan fingerprint density at radius 1 is 1.35 bits per heavy atom.